The molecule has 0 unspecified atom stereocenters. The molecule has 0 radical (unpaired) electrons. The van der Waals surface area contributed by atoms with Gasteiger partial charge in [0.25, 0.3) is 5.91 Å². The Hall–Kier alpha value is -2.56. The molecule has 104 valence electrons. The van der Waals surface area contributed by atoms with Crippen molar-refractivity contribution in [1.29, 1.82) is 0 Å². The summed E-state index contributed by atoms with van der Waals surface area (Å²) in [7, 11) is 0. The summed E-state index contributed by atoms with van der Waals surface area (Å²) in [6.45, 7) is 2.42. The van der Waals surface area contributed by atoms with Gasteiger partial charge in [-0.2, -0.15) is 0 Å². The van der Waals surface area contributed by atoms with Crippen molar-refractivity contribution < 1.29 is 13.9 Å². The Morgan fingerprint density at radius 3 is 2.55 bits per heavy atom. The lowest BCUT2D eigenvalue weighted by Gasteiger charge is -2.10. The van der Waals surface area contributed by atoms with Crippen molar-refractivity contribution in [3.63, 3.8) is 0 Å². The lowest BCUT2D eigenvalue weighted by molar-refractivity contribution is 0.102. The number of hydrogen-bond acceptors (Lipinski definition) is 3. The van der Waals surface area contributed by atoms with Gasteiger partial charge in [-0.15, -0.1) is 0 Å². The third-order valence-electron chi connectivity index (χ3n) is 2.69. The Kier molecular flexibility index (Phi) is 4.20. The van der Waals surface area contributed by atoms with Crippen LogP contribution in [0.4, 0.5) is 15.8 Å². The van der Waals surface area contributed by atoms with Gasteiger partial charge in [-0.25, -0.2) is 4.39 Å². The van der Waals surface area contributed by atoms with Crippen LogP contribution >= 0.6 is 0 Å². The molecule has 0 aliphatic carbocycles. The average Bonchev–Trinajstić information content (AvgIpc) is 2.43. The lowest BCUT2D eigenvalue weighted by atomic mass is 10.2. The van der Waals surface area contributed by atoms with Gasteiger partial charge in [-0.05, 0) is 43.3 Å². The Labute approximate surface area is 116 Å². The van der Waals surface area contributed by atoms with Gasteiger partial charge in [0.05, 0.1) is 18.0 Å². The van der Waals surface area contributed by atoms with E-state index >= 15 is 0 Å². The predicted molar refractivity (Wildman–Crippen MR) is 76.4 cm³/mol. The van der Waals surface area contributed by atoms with Gasteiger partial charge in [-0.3, -0.25) is 4.79 Å². The zero-order chi connectivity index (χ0) is 14.5. The fraction of sp³-hybridized carbons (Fsp3) is 0.133. The second kappa shape index (κ2) is 6.06. The molecule has 0 saturated carbocycles. The van der Waals surface area contributed by atoms with Crippen molar-refractivity contribution in [1.82, 2.24) is 0 Å². The number of nitrogens with two attached hydrogens (primary N) is 1. The van der Waals surface area contributed by atoms with Crippen LogP contribution in [-0.2, 0) is 0 Å². The van der Waals surface area contributed by atoms with Crippen molar-refractivity contribution in [2.45, 2.75) is 6.92 Å². The summed E-state index contributed by atoms with van der Waals surface area (Å²) in [5.41, 5.74) is 7.11. The molecule has 0 aromatic heterocycles. The van der Waals surface area contributed by atoms with Gasteiger partial charge in [0.2, 0.25) is 0 Å². The van der Waals surface area contributed by atoms with Gasteiger partial charge in [0, 0.05) is 11.6 Å². The van der Waals surface area contributed by atoms with E-state index in [9.17, 15) is 9.18 Å². The molecular weight excluding hydrogens is 259 g/mol. The topological polar surface area (TPSA) is 64.3 Å². The number of nitrogen functional groups attached to an aromatic ring is 1. The van der Waals surface area contributed by atoms with E-state index in [-0.39, 0.29) is 11.7 Å². The number of nitrogens with one attached hydrogen (secondary N) is 1. The highest BCUT2D eigenvalue weighted by atomic mass is 19.1. The van der Waals surface area contributed by atoms with Gasteiger partial charge in [0.15, 0.2) is 0 Å². The minimum atomic E-state index is -0.387. The van der Waals surface area contributed by atoms with Gasteiger partial charge < -0.3 is 15.8 Å². The summed E-state index contributed by atoms with van der Waals surface area (Å²) in [4.78, 5) is 12.0. The summed E-state index contributed by atoms with van der Waals surface area (Å²) in [6.07, 6.45) is 0. The first-order valence-corrected chi connectivity index (χ1v) is 6.19. The summed E-state index contributed by atoms with van der Waals surface area (Å²) in [6, 6.07) is 10.3. The molecule has 5 heteroatoms. The van der Waals surface area contributed by atoms with Gasteiger partial charge in [0.1, 0.15) is 11.6 Å². The molecule has 20 heavy (non-hydrogen) atoms. The van der Waals surface area contributed by atoms with E-state index in [1.807, 2.05) is 6.92 Å². The van der Waals surface area contributed by atoms with E-state index in [0.717, 1.165) is 0 Å². The van der Waals surface area contributed by atoms with E-state index in [4.69, 9.17) is 10.5 Å². The van der Waals surface area contributed by atoms with E-state index in [1.165, 1.54) is 24.3 Å². The van der Waals surface area contributed by atoms with Crippen molar-refractivity contribution in [2.75, 3.05) is 17.7 Å². The smallest absolute Gasteiger partial charge is 0.255 e. The Bertz CT molecular complexity index is 612. The number of halogens is 1. The second-order valence-electron chi connectivity index (χ2n) is 4.14. The van der Waals surface area contributed by atoms with E-state index in [0.29, 0.717) is 29.3 Å². The van der Waals surface area contributed by atoms with Crippen LogP contribution < -0.4 is 15.8 Å². The predicted octanol–water partition coefficient (Wildman–Crippen LogP) is 3.06. The number of rotatable bonds is 4. The molecule has 0 aliphatic rings. The Morgan fingerprint density at radius 2 is 1.95 bits per heavy atom. The van der Waals surface area contributed by atoms with Crippen LogP contribution in [0.1, 0.15) is 17.3 Å². The number of hydrogen-bond donors (Lipinski definition) is 2. The van der Waals surface area contributed by atoms with Crippen molar-refractivity contribution in [3.05, 3.63) is 53.8 Å². The van der Waals surface area contributed by atoms with Crippen LogP contribution in [0.5, 0.6) is 5.75 Å². The Morgan fingerprint density at radius 1 is 1.25 bits per heavy atom. The molecule has 2 rings (SSSR count). The molecule has 0 aliphatic heterocycles. The van der Waals surface area contributed by atoms with Gasteiger partial charge >= 0.3 is 0 Å². The normalized spacial score (nSPS) is 10.1. The van der Waals surface area contributed by atoms with Gasteiger partial charge in [-0.1, -0.05) is 0 Å². The maximum absolute atomic E-state index is 12.8. The fourth-order valence-electron chi connectivity index (χ4n) is 1.71. The number of ether oxygens (including phenoxy) is 1. The third-order valence-corrected chi connectivity index (χ3v) is 2.69. The first-order valence-electron chi connectivity index (χ1n) is 6.19. The molecule has 0 atom stereocenters. The van der Waals surface area contributed by atoms with Crippen molar-refractivity contribution in [2.24, 2.45) is 0 Å². The van der Waals surface area contributed by atoms with Crippen molar-refractivity contribution in [3.8, 4) is 5.75 Å². The van der Waals surface area contributed by atoms with Crippen LogP contribution in [0.3, 0.4) is 0 Å². The minimum absolute atomic E-state index is 0.346. The van der Waals surface area contributed by atoms with Crippen LogP contribution in [0.2, 0.25) is 0 Å². The highest BCUT2D eigenvalue weighted by Gasteiger charge is 2.08. The molecule has 0 bridgehead atoms. The van der Waals surface area contributed by atoms with Crippen LogP contribution in [-0.4, -0.2) is 12.5 Å². The van der Waals surface area contributed by atoms with E-state index in [2.05, 4.69) is 5.32 Å². The quantitative estimate of drug-likeness (QED) is 0.842. The molecule has 0 fully saturated rings. The maximum atomic E-state index is 12.8. The third kappa shape index (κ3) is 3.26. The number of carbonyl (C=O) groups is 1. The van der Waals surface area contributed by atoms with E-state index < -0.39 is 0 Å². The van der Waals surface area contributed by atoms with Crippen LogP contribution in [0.15, 0.2) is 42.5 Å². The summed E-state index contributed by atoms with van der Waals surface area (Å²) in [5, 5.41) is 2.67. The fourth-order valence-corrected chi connectivity index (χ4v) is 1.71. The molecule has 4 nitrogen and oxygen atoms in total. The molecule has 2 aromatic rings. The first kappa shape index (κ1) is 13.9. The molecular formula is C15H15FN2O2. The number of amides is 1. The molecule has 0 saturated heterocycles. The zero-order valence-corrected chi connectivity index (χ0v) is 11.0. The standard InChI is InChI=1S/C15H15FN2O2/c1-2-20-12-7-8-14(13(17)9-12)18-15(19)10-3-5-11(16)6-4-10/h3-9H,2,17H2,1H3,(H,18,19). The monoisotopic (exact) mass is 274 g/mol. The lowest BCUT2D eigenvalue weighted by Crippen LogP contribution is -2.13. The van der Waals surface area contributed by atoms with Crippen molar-refractivity contribution >= 4 is 17.3 Å². The average molecular weight is 274 g/mol. The number of anilines is 2. The summed E-state index contributed by atoms with van der Waals surface area (Å²) in [5.74, 6) is -0.0900. The number of benzene rings is 2. The summed E-state index contributed by atoms with van der Waals surface area (Å²) < 4.78 is 18.1. The second-order valence-corrected chi connectivity index (χ2v) is 4.14. The SMILES string of the molecule is CCOc1ccc(NC(=O)c2ccc(F)cc2)c(N)c1. The molecule has 0 heterocycles. The van der Waals surface area contributed by atoms with Crippen LogP contribution in [0, 0.1) is 5.82 Å². The molecule has 1 amide bonds. The first-order chi connectivity index (χ1) is 9.60. The summed E-state index contributed by atoms with van der Waals surface area (Å²) >= 11 is 0. The minimum Gasteiger partial charge on any atom is -0.494 e. The van der Waals surface area contributed by atoms with Crippen LogP contribution in [0.25, 0.3) is 0 Å². The highest BCUT2D eigenvalue weighted by Crippen LogP contribution is 2.24. The largest absolute Gasteiger partial charge is 0.494 e. The van der Waals surface area contributed by atoms with E-state index in [1.54, 1.807) is 18.2 Å². The Balaban J connectivity index is 2.13. The number of carbonyl (C=O) groups excluding carboxylic acids is 1. The molecule has 3 N–H and O–H groups in total. The highest BCUT2D eigenvalue weighted by molar-refractivity contribution is 6.05. The molecule has 2 aromatic carbocycles. The zero-order valence-electron chi connectivity index (χ0n) is 11.0. The maximum Gasteiger partial charge on any atom is 0.255 e. The molecule has 0 spiro atoms.